The summed E-state index contributed by atoms with van der Waals surface area (Å²) in [7, 11) is 2.17. The van der Waals surface area contributed by atoms with Crippen LogP contribution >= 0.6 is 0 Å². The highest BCUT2D eigenvalue weighted by atomic mass is 16.4. The van der Waals surface area contributed by atoms with E-state index in [-0.39, 0.29) is 5.92 Å². The van der Waals surface area contributed by atoms with E-state index < -0.39 is 5.97 Å². The van der Waals surface area contributed by atoms with E-state index in [1.807, 2.05) is 0 Å². The van der Waals surface area contributed by atoms with Crippen LogP contribution in [0.1, 0.15) is 39.0 Å². The van der Waals surface area contributed by atoms with Crippen molar-refractivity contribution in [1.82, 2.24) is 4.90 Å². The first-order valence-electron chi connectivity index (χ1n) is 6.10. The van der Waals surface area contributed by atoms with E-state index in [1.54, 1.807) is 0 Å². The summed E-state index contributed by atoms with van der Waals surface area (Å²) >= 11 is 0. The van der Waals surface area contributed by atoms with Crippen LogP contribution in [-0.2, 0) is 4.79 Å². The Hall–Kier alpha value is -0.570. The van der Waals surface area contributed by atoms with E-state index in [2.05, 4.69) is 18.9 Å². The molecule has 2 fully saturated rings. The first-order valence-corrected chi connectivity index (χ1v) is 6.10. The Labute approximate surface area is 91.5 Å². The lowest BCUT2D eigenvalue weighted by Gasteiger charge is -2.41. The molecule has 2 aliphatic heterocycles. The number of aliphatic carboxylic acids is 1. The maximum atomic E-state index is 11.2. The third-order valence-electron chi connectivity index (χ3n) is 4.37. The van der Waals surface area contributed by atoms with Crippen molar-refractivity contribution in [1.29, 1.82) is 0 Å². The SMILES string of the molecule is CCCC1C(C(=O)O)CC2CCC1N2C. The molecule has 2 saturated heterocycles. The van der Waals surface area contributed by atoms with Crippen molar-refractivity contribution in [2.75, 3.05) is 7.05 Å². The van der Waals surface area contributed by atoms with Crippen molar-refractivity contribution in [3.05, 3.63) is 0 Å². The molecule has 3 heteroatoms. The maximum absolute atomic E-state index is 11.2. The number of carbonyl (C=O) groups is 1. The fourth-order valence-corrected chi connectivity index (χ4v) is 3.59. The smallest absolute Gasteiger partial charge is 0.306 e. The summed E-state index contributed by atoms with van der Waals surface area (Å²) in [6.45, 7) is 2.15. The second-order valence-electron chi connectivity index (χ2n) is 5.10. The number of nitrogens with zero attached hydrogens (tertiary/aromatic N) is 1. The van der Waals surface area contributed by atoms with Crippen LogP contribution in [0.4, 0.5) is 0 Å². The number of carboxylic acids is 1. The molecule has 0 aliphatic carbocycles. The lowest BCUT2D eigenvalue weighted by molar-refractivity contribution is -0.147. The van der Waals surface area contributed by atoms with Gasteiger partial charge in [0.15, 0.2) is 0 Å². The molecule has 0 saturated carbocycles. The van der Waals surface area contributed by atoms with Gasteiger partial charge in [-0.25, -0.2) is 0 Å². The molecule has 0 aromatic rings. The second kappa shape index (κ2) is 4.12. The fraction of sp³-hybridized carbons (Fsp3) is 0.917. The number of rotatable bonds is 3. The molecule has 3 nitrogen and oxygen atoms in total. The van der Waals surface area contributed by atoms with Crippen LogP contribution in [0.15, 0.2) is 0 Å². The van der Waals surface area contributed by atoms with Crippen molar-refractivity contribution in [2.45, 2.75) is 51.1 Å². The lowest BCUT2D eigenvalue weighted by Crippen LogP contribution is -2.48. The number of hydrogen-bond acceptors (Lipinski definition) is 2. The quantitative estimate of drug-likeness (QED) is 0.776. The molecule has 0 amide bonds. The molecule has 4 unspecified atom stereocenters. The van der Waals surface area contributed by atoms with Gasteiger partial charge in [0.1, 0.15) is 0 Å². The topological polar surface area (TPSA) is 40.5 Å². The molecule has 2 bridgehead atoms. The maximum Gasteiger partial charge on any atom is 0.306 e. The van der Waals surface area contributed by atoms with Crippen LogP contribution in [-0.4, -0.2) is 35.1 Å². The van der Waals surface area contributed by atoms with E-state index in [9.17, 15) is 9.90 Å². The average Bonchev–Trinajstić information content (AvgIpc) is 2.44. The highest BCUT2D eigenvalue weighted by Crippen LogP contribution is 2.43. The van der Waals surface area contributed by atoms with E-state index in [0.717, 1.165) is 19.3 Å². The minimum absolute atomic E-state index is 0.0846. The number of fused-ring (bicyclic) bond motifs is 2. The van der Waals surface area contributed by atoms with Crippen LogP contribution in [0.25, 0.3) is 0 Å². The molecule has 0 aromatic carbocycles. The van der Waals surface area contributed by atoms with Gasteiger partial charge in [-0.3, -0.25) is 4.79 Å². The van der Waals surface area contributed by atoms with Crippen molar-refractivity contribution in [3.63, 3.8) is 0 Å². The van der Waals surface area contributed by atoms with Gasteiger partial charge in [-0.05, 0) is 38.6 Å². The largest absolute Gasteiger partial charge is 0.481 e. The van der Waals surface area contributed by atoms with Crippen LogP contribution in [0.5, 0.6) is 0 Å². The van der Waals surface area contributed by atoms with Crippen molar-refractivity contribution < 1.29 is 9.90 Å². The molecule has 2 heterocycles. The number of piperidine rings is 1. The van der Waals surface area contributed by atoms with Gasteiger partial charge in [0.25, 0.3) is 0 Å². The molecular formula is C12H21NO2. The van der Waals surface area contributed by atoms with Gasteiger partial charge in [0, 0.05) is 12.1 Å². The zero-order chi connectivity index (χ0) is 11.0. The van der Waals surface area contributed by atoms with Crippen molar-refractivity contribution in [2.24, 2.45) is 11.8 Å². The zero-order valence-electron chi connectivity index (χ0n) is 9.65. The Morgan fingerprint density at radius 2 is 2.20 bits per heavy atom. The first kappa shape index (κ1) is 10.9. The normalized spacial score (nSPS) is 40.7. The van der Waals surface area contributed by atoms with Gasteiger partial charge < -0.3 is 10.0 Å². The minimum Gasteiger partial charge on any atom is -0.481 e. The molecule has 0 spiro atoms. The van der Waals surface area contributed by atoms with E-state index in [1.165, 1.54) is 12.8 Å². The average molecular weight is 211 g/mol. The molecule has 4 atom stereocenters. The molecule has 86 valence electrons. The molecule has 0 radical (unpaired) electrons. The van der Waals surface area contributed by atoms with E-state index in [4.69, 9.17) is 0 Å². The summed E-state index contributed by atoms with van der Waals surface area (Å²) in [5.74, 6) is -0.270. The third kappa shape index (κ3) is 1.78. The predicted molar refractivity (Wildman–Crippen MR) is 58.7 cm³/mol. The molecular weight excluding hydrogens is 190 g/mol. The molecule has 1 N–H and O–H groups in total. The van der Waals surface area contributed by atoms with Crippen LogP contribution in [0.3, 0.4) is 0 Å². The standard InChI is InChI=1S/C12H21NO2/c1-3-4-9-10(12(14)15)7-8-5-6-11(9)13(8)2/h8-11H,3-7H2,1-2H3,(H,14,15). The fourth-order valence-electron chi connectivity index (χ4n) is 3.59. The summed E-state index contributed by atoms with van der Waals surface area (Å²) in [6.07, 6.45) is 5.44. The Morgan fingerprint density at radius 3 is 2.80 bits per heavy atom. The highest BCUT2D eigenvalue weighted by molar-refractivity contribution is 5.70. The molecule has 0 aromatic heterocycles. The van der Waals surface area contributed by atoms with Crippen molar-refractivity contribution >= 4 is 5.97 Å². The van der Waals surface area contributed by atoms with Gasteiger partial charge >= 0.3 is 5.97 Å². The second-order valence-corrected chi connectivity index (χ2v) is 5.10. The monoisotopic (exact) mass is 211 g/mol. The summed E-state index contributed by atoms with van der Waals surface area (Å²) in [5.41, 5.74) is 0. The van der Waals surface area contributed by atoms with Crippen LogP contribution in [0.2, 0.25) is 0 Å². The molecule has 15 heavy (non-hydrogen) atoms. The molecule has 2 rings (SSSR count). The van der Waals surface area contributed by atoms with Gasteiger partial charge in [-0.2, -0.15) is 0 Å². The summed E-state index contributed by atoms with van der Waals surface area (Å²) in [5, 5.41) is 9.27. The summed E-state index contributed by atoms with van der Waals surface area (Å²) in [4.78, 5) is 13.7. The van der Waals surface area contributed by atoms with Gasteiger partial charge in [0.05, 0.1) is 5.92 Å². The van der Waals surface area contributed by atoms with Gasteiger partial charge in [0.2, 0.25) is 0 Å². The summed E-state index contributed by atoms with van der Waals surface area (Å²) < 4.78 is 0. The van der Waals surface area contributed by atoms with E-state index >= 15 is 0 Å². The van der Waals surface area contributed by atoms with Crippen molar-refractivity contribution in [3.8, 4) is 0 Å². The van der Waals surface area contributed by atoms with Crippen LogP contribution in [0, 0.1) is 11.8 Å². The third-order valence-corrected chi connectivity index (χ3v) is 4.37. The van der Waals surface area contributed by atoms with E-state index in [0.29, 0.717) is 18.0 Å². The first-order chi connectivity index (χ1) is 7.15. The Kier molecular flexibility index (Phi) is 3.01. The lowest BCUT2D eigenvalue weighted by atomic mass is 9.78. The number of carboxylic acid groups (broad SMARTS) is 1. The minimum atomic E-state index is -0.571. The predicted octanol–water partition coefficient (Wildman–Crippen LogP) is 1.97. The summed E-state index contributed by atoms with van der Waals surface area (Å²) in [6, 6.07) is 1.06. The Morgan fingerprint density at radius 1 is 1.47 bits per heavy atom. The molecule has 2 aliphatic rings. The van der Waals surface area contributed by atoms with Crippen LogP contribution < -0.4 is 0 Å². The highest BCUT2D eigenvalue weighted by Gasteiger charge is 2.47. The van der Waals surface area contributed by atoms with Gasteiger partial charge in [-0.1, -0.05) is 13.3 Å². The zero-order valence-corrected chi connectivity index (χ0v) is 9.65. The Balaban J connectivity index is 2.16. The van der Waals surface area contributed by atoms with Gasteiger partial charge in [-0.15, -0.1) is 0 Å². The number of hydrogen-bond donors (Lipinski definition) is 1. The Bertz CT molecular complexity index is 254.